The second-order valence-electron chi connectivity index (χ2n) is 6.15. The number of hydrogen-bond acceptors (Lipinski definition) is 6. The lowest BCUT2D eigenvalue weighted by Gasteiger charge is -2.34. The number of aromatic nitrogens is 2. The maximum Gasteiger partial charge on any atom is 0.239 e. The topological polar surface area (TPSA) is 113 Å². The second-order valence-corrected chi connectivity index (χ2v) is 6.15. The lowest BCUT2D eigenvalue weighted by Crippen LogP contribution is -2.49. The van der Waals surface area contributed by atoms with Gasteiger partial charge in [-0.1, -0.05) is 0 Å². The van der Waals surface area contributed by atoms with Crippen molar-refractivity contribution >= 4 is 17.8 Å². The number of hydrogen-bond donors (Lipinski definition) is 1. The third kappa shape index (κ3) is 5.36. The molecule has 9 nitrogen and oxygen atoms in total. The van der Waals surface area contributed by atoms with Crippen LogP contribution in [0.2, 0.25) is 0 Å². The number of carbonyl (C=O) groups excluding carboxylic acids is 2. The molecule has 0 aromatic carbocycles. The molecule has 0 spiro atoms. The van der Waals surface area contributed by atoms with Crippen molar-refractivity contribution in [1.82, 2.24) is 25.1 Å². The summed E-state index contributed by atoms with van der Waals surface area (Å²) in [7, 11) is 0. The average molecular weight is 350 g/mol. The van der Waals surface area contributed by atoms with Gasteiger partial charge in [-0.3, -0.25) is 14.5 Å². The molecule has 3 rings (SSSR count). The summed E-state index contributed by atoms with van der Waals surface area (Å²) >= 11 is 0. The van der Waals surface area contributed by atoms with Crippen LogP contribution >= 0.6 is 0 Å². The quantitative estimate of drug-likeness (QED) is 0.669. The van der Waals surface area contributed by atoms with Crippen LogP contribution in [0.1, 0.15) is 12.8 Å². The minimum absolute atomic E-state index is 0. The lowest BCUT2D eigenvalue weighted by molar-refractivity contribution is -0.133. The first-order chi connectivity index (χ1) is 11.7. The Labute approximate surface area is 147 Å². The summed E-state index contributed by atoms with van der Waals surface area (Å²) < 4.78 is 0. The summed E-state index contributed by atoms with van der Waals surface area (Å²) in [6.07, 6.45) is 4.95. The molecule has 3 N–H and O–H groups in total. The molecule has 0 bridgehead atoms. The van der Waals surface area contributed by atoms with Crippen molar-refractivity contribution in [2.24, 2.45) is 0 Å². The van der Waals surface area contributed by atoms with Crippen LogP contribution < -0.4 is 10.2 Å². The van der Waals surface area contributed by atoms with Crippen LogP contribution in [0.4, 0.5) is 5.95 Å². The van der Waals surface area contributed by atoms with Gasteiger partial charge in [0, 0.05) is 64.6 Å². The summed E-state index contributed by atoms with van der Waals surface area (Å²) in [5, 5.41) is 2.91. The van der Waals surface area contributed by atoms with E-state index >= 15 is 0 Å². The molecular weight excluding hydrogens is 324 g/mol. The van der Waals surface area contributed by atoms with Gasteiger partial charge < -0.3 is 20.6 Å². The van der Waals surface area contributed by atoms with E-state index in [0.29, 0.717) is 19.5 Å². The highest BCUT2D eigenvalue weighted by Crippen LogP contribution is 2.09. The van der Waals surface area contributed by atoms with Gasteiger partial charge in [-0.25, -0.2) is 9.97 Å². The van der Waals surface area contributed by atoms with E-state index in [4.69, 9.17) is 0 Å². The average Bonchev–Trinajstić information content (AvgIpc) is 3.01. The van der Waals surface area contributed by atoms with E-state index in [1.807, 2.05) is 6.07 Å². The van der Waals surface area contributed by atoms with E-state index in [0.717, 1.165) is 45.1 Å². The Balaban J connectivity index is 0.00000225. The number of anilines is 1. The minimum atomic E-state index is -0.0680. The summed E-state index contributed by atoms with van der Waals surface area (Å²) in [4.78, 5) is 38.1. The van der Waals surface area contributed by atoms with Crippen molar-refractivity contribution in [2.45, 2.75) is 12.8 Å². The van der Waals surface area contributed by atoms with Crippen LogP contribution in [-0.2, 0) is 9.59 Å². The van der Waals surface area contributed by atoms with Gasteiger partial charge in [0.2, 0.25) is 17.8 Å². The number of carbonyl (C=O) groups is 2. The fourth-order valence-corrected chi connectivity index (χ4v) is 3.08. The van der Waals surface area contributed by atoms with Gasteiger partial charge in [-0.05, 0) is 12.5 Å². The number of likely N-dealkylation sites (tertiary alicyclic amines) is 1. The lowest BCUT2D eigenvalue weighted by atomic mass is 10.3. The SMILES string of the molecule is O.O=C(CN1CCCC1=O)NCCN1CCN(c2ncccn2)CC1. The Bertz CT molecular complexity index is 562. The predicted octanol–water partition coefficient (Wildman–Crippen LogP) is -1.49. The molecular formula is C16H26N6O3. The third-order valence-corrected chi connectivity index (χ3v) is 4.46. The fraction of sp³-hybridized carbons (Fsp3) is 0.625. The molecule has 1 aromatic rings. The standard InChI is InChI=1S/C16H24N6O2.H2O/c23-14(13-22-7-1-3-15(22)24)17-6-8-20-9-11-21(12-10-20)16-18-4-2-5-19-16;/h2,4-5H,1,3,6-13H2,(H,17,23);1H2. The molecule has 0 saturated carbocycles. The monoisotopic (exact) mass is 350 g/mol. The zero-order valence-electron chi connectivity index (χ0n) is 14.4. The Morgan fingerprint density at radius 3 is 2.48 bits per heavy atom. The number of nitrogens with zero attached hydrogens (tertiary/aromatic N) is 5. The number of amides is 2. The Hall–Kier alpha value is -2.26. The molecule has 0 aliphatic carbocycles. The molecule has 2 aliphatic heterocycles. The summed E-state index contributed by atoms with van der Waals surface area (Å²) in [5.41, 5.74) is 0. The van der Waals surface area contributed by atoms with E-state index in [1.165, 1.54) is 0 Å². The van der Waals surface area contributed by atoms with Crippen LogP contribution in [-0.4, -0.2) is 89.4 Å². The van der Waals surface area contributed by atoms with Crippen molar-refractivity contribution in [3.63, 3.8) is 0 Å². The Kier molecular flexibility index (Phi) is 7.08. The number of nitrogens with one attached hydrogen (secondary N) is 1. The van der Waals surface area contributed by atoms with Gasteiger partial charge in [-0.15, -0.1) is 0 Å². The highest BCUT2D eigenvalue weighted by molar-refractivity contribution is 5.85. The molecule has 3 heterocycles. The van der Waals surface area contributed by atoms with E-state index < -0.39 is 0 Å². The fourth-order valence-electron chi connectivity index (χ4n) is 3.08. The number of rotatable bonds is 6. The van der Waals surface area contributed by atoms with Gasteiger partial charge in [0.25, 0.3) is 0 Å². The van der Waals surface area contributed by atoms with E-state index in [-0.39, 0.29) is 23.8 Å². The maximum absolute atomic E-state index is 11.9. The van der Waals surface area contributed by atoms with E-state index in [1.54, 1.807) is 17.3 Å². The van der Waals surface area contributed by atoms with Gasteiger partial charge in [0.1, 0.15) is 0 Å². The van der Waals surface area contributed by atoms with E-state index in [2.05, 4.69) is 25.1 Å². The van der Waals surface area contributed by atoms with Crippen LogP contribution in [0, 0.1) is 0 Å². The molecule has 1 aromatic heterocycles. The minimum Gasteiger partial charge on any atom is -0.412 e. The smallest absolute Gasteiger partial charge is 0.239 e. The van der Waals surface area contributed by atoms with Gasteiger partial charge in [-0.2, -0.15) is 0 Å². The molecule has 9 heteroatoms. The van der Waals surface area contributed by atoms with Gasteiger partial charge >= 0.3 is 0 Å². The van der Waals surface area contributed by atoms with Gasteiger partial charge in [0.05, 0.1) is 6.54 Å². The highest BCUT2D eigenvalue weighted by atomic mass is 16.2. The zero-order valence-corrected chi connectivity index (χ0v) is 14.4. The van der Waals surface area contributed by atoms with Crippen molar-refractivity contribution in [2.75, 3.05) is 57.3 Å². The first-order valence-corrected chi connectivity index (χ1v) is 8.51. The number of piperazine rings is 1. The molecule has 2 fully saturated rings. The summed E-state index contributed by atoms with van der Waals surface area (Å²) in [6, 6.07) is 1.82. The molecule has 138 valence electrons. The normalized spacial score (nSPS) is 18.2. The molecule has 2 amide bonds. The zero-order chi connectivity index (χ0) is 16.8. The molecule has 0 radical (unpaired) electrons. The second kappa shape index (κ2) is 9.28. The molecule has 25 heavy (non-hydrogen) atoms. The molecule has 0 atom stereocenters. The largest absolute Gasteiger partial charge is 0.412 e. The van der Waals surface area contributed by atoms with Crippen molar-refractivity contribution < 1.29 is 15.1 Å². The third-order valence-electron chi connectivity index (χ3n) is 4.46. The molecule has 0 unspecified atom stereocenters. The Morgan fingerprint density at radius 1 is 1.12 bits per heavy atom. The predicted molar refractivity (Wildman–Crippen MR) is 93.1 cm³/mol. The van der Waals surface area contributed by atoms with Crippen LogP contribution in [0.5, 0.6) is 0 Å². The molecule has 2 aliphatic rings. The van der Waals surface area contributed by atoms with Gasteiger partial charge in [0.15, 0.2) is 0 Å². The first-order valence-electron chi connectivity index (χ1n) is 8.51. The van der Waals surface area contributed by atoms with Crippen molar-refractivity contribution in [3.05, 3.63) is 18.5 Å². The summed E-state index contributed by atoms with van der Waals surface area (Å²) in [5.74, 6) is 0.798. The van der Waals surface area contributed by atoms with E-state index in [9.17, 15) is 9.59 Å². The van der Waals surface area contributed by atoms with Crippen LogP contribution in [0.15, 0.2) is 18.5 Å². The Morgan fingerprint density at radius 2 is 1.84 bits per heavy atom. The first kappa shape index (κ1) is 19.1. The summed E-state index contributed by atoms with van der Waals surface area (Å²) in [6.45, 7) is 5.97. The molecule has 2 saturated heterocycles. The van der Waals surface area contributed by atoms with Crippen LogP contribution in [0.3, 0.4) is 0 Å². The highest BCUT2D eigenvalue weighted by Gasteiger charge is 2.22. The van der Waals surface area contributed by atoms with Crippen LogP contribution in [0.25, 0.3) is 0 Å². The maximum atomic E-state index is 11.9. The van der Waals surface area contributed by atoms with Crippen molar-refractivity contribution in [3.8, 4) is 0 Å². The van der Waals surface area contributed by atoms with Crippen molar-refractivity contribution in [1.29, 1.82) is 0 Å².